The van der Waals surface area contributed by atoms with Crippen LogP contribution in [0.3, 0.4) is 0 Å². The predicted molar refractivity (Wildman–Crippen MR) is 62.1 cm³/mol. The average molecular weight is 280 g/mol. The van der Waals surface area contributed by atoms with Crippen molar-refractivity contribution in [2.75, 3.05) is 0 Å². The lowest BCUT2D eigenvalue weighted by atomic mass is 10.0. The number of barbiturate groups is 1. The molecule has 104 valence electrons. The van der Waals surface area contributed by atoms with Crippen molar-refractivity contribution in [3.8, 4) is 0 Å². The summed E-state index contributed by atoms with van der Waals surface area (Å²) in [4.78, 5) is 36.3. The van der Waals surface area contributed by atoms with Crippen LogP contribution in [0.15, 0.2) is 18.2 Å². The molecule has 20 heavy (non-hydrogen) atoms. The van der Waals surface area contributed by atoms with E-state index in [1.165, 1.54) is 6.07 Å². The molecule has 0 aromatic heterocycles. The van der Waals surface area contributed by atoms with Gasteiger partial charge in [0, 0.05) is 11.6 Å². The standard InChI is InChI=1S/C13H10F2N2O3/c14-8-2-1-7(9(15)5-8)6-17-11(19)13(3-4-13)10(18)16-12(17)20/h1-2,5H,3-4,6H2,(H,16,18,20). The van der Waals surface area contributed by atoms with Crippen LogP contribution in [0.25, 0.3) is 0 Å². The molecule has 1 heterocycles. The van der Waals surface area contributed by atoms with Gasteiger partial charge in [-0.2, -0.15) is 0 Å². The van der Waals surface area contributed by atoms with Crippen LogP contribution in [-0.4, -0.2) is 22.7 Å². The Kier molecular flexibility index (Phi) is 2.60. The third-order valence-electron chi connectivity index (χ3n) is 3.65. The fraction of sp³-hybridized carbons (Fsp3) is 0.308. The molecule has 2 fully saturated rings. The molecule has 7 heteroatoms. The lowest BCUT2D eigenvalue weighted by Crippen LogP contribution is -2.58. The van der Waals surface area contributed by atoms with Crippen molar-refractivity contribution in [3.63, 3.8) is 0 Å². The molecule has 1 aromatic carbocycles. The van der Waals surface area contributed by atoms with Crippen LogP contribution < -0.4 is 5.32 Å². The van der Waals surface area contributed by atoms with Crippen molar-refractivity contribution < 1.29 is 23.2 Å². The molecule has 1 aliphatic carbocycles. The Labute approximate surface area is 112 Å². The Morgan fingerprint density at radius 3 is 2.50 bits per heavy atom. The largest absolute Gasteiger partial charge is 0.331 e. The summed E-state index contributed by atoms with van der Waals surface area (Å²) in [5.74, 6) is -2.79. The third-order valence-corrected chi connectivity index (χ3v) is 3.65. The van der Waals surface area contributed by atoms with Gasteiger partial charge in [-0.3, -0.25) is 19.8 Å². The number of benzene rings is 1. The van der Waals surface area contributed by atoms with Gasteiger partial charge < -0.3 is 0 Å². The van der Waals surface area contributed by atoms with Crippen LogP contribution in [0.1, 0.15) is 18.4 Å². The summed E-state index contributed by atoms with van der Waals surface area (Å²) in [6.45, 7) is -0.328. The van der Waals surface area contributed by atoms with Crippen LogP contribution in [-0.2, 0) is 16.1 Å². The van der Waals surface area contributed by atoms with Crippen LogP contribution in [0, 0.1) is 17.0 Å². The highest BCUT2D eigenvalue weighted by molar-refractivity contribution is 6.20. The Morgan fingerprint density at radius 2 is 1.90 bits per heavy atom. The number of amides is 4. The smallest absolute Gasteiger partial charge is 0.277 e. The molecule has 4 amide bonds. The molecule has 2 aliphatic rings. The number of halogens is 2. The van der Waals surface area contributed by atoms with Gasteiger partial charge in [-0.25, -0.2) is 13.6 Å². The second-order valence-electron chi connectivity index (χ2n) is 4.97. The molecular formula is C13H10F2N2O3. The molecule has 5 nitrogen and oxygen atoms in total. The molecule has 0 unspecified atom stereocenters. The minimum absolute atomic E-state index is 0.0139. The van der Waals surface area contributed by atoms with Crippen molar-refractivity contribution >= 4 is 17.8 Å². The Morgan fingerprint density at radius 1 is 1.20 bits per heavy atom. The zero-order valence-corrected chi connectivity index (χ0v) is 10.3. The SMILES string of the molecule is O=C1NC(=O)C2(CC2)C(=O)N1Cc1ccc(F)cc1F. The minimum atomic E-state index is -1.16. The van der Waals surface area contributed by atoms with Crippen molar-refractivity contribution in [2.24, 2.45) is 5.41 Å². The van der Waals surface area contributed by atoms with Gasteiger partial charge in [0.15, 0.2) is 0 Å². The summed E-state index contributed by atoms with van der Waals surface area (Å²) in [5, 5.41) is 2.09. The normalized spacial score (nSPS) is 20.3. The maximum Gasteiger partial charge on any atom is 0.331 e. The maximum absolute atomic E-state index is 13.6. The summed E-state index contributed by atoms with van der Waals surface area (Å²) in [7, 11) is 0. The van der Waals surface area contributed by atoms with Crippen LogP contribution >= 0.6 is 0 Å². The van der Waals surface area contributed by atoms with E-state index in [-0.39, 0.29) is 12.1 Å². The first-order chi connectivity index (χ1) is 9.44. The number of nitrogens with one attached hydrogen (secondary N) is 1. The molecule has 0 radical (unpaired) electrons. The van der Waals surface area contributed by atoms with Gasteiger partial charge in [-0.05, 0) is 18.9 Å². The molecule has 1 N–H and O–H groups in total. The van der Waals surface area contributed by atoms with Gasteiger partial charge >= 0.3 is 6.03 Å². The van der Waals surface area contributed by atoms with Gasteiger partial charge in [0.25, 0.3) is 0 Å². The predicted octanol–water partition coefficient (Wildman–Crippen LogP) is 1.32. The van der Waals surface area contributed by atoms with Crippen LogP contribution in [0.2, 0.25) is 0 Å². The quantitative estimate of drug-likeness (QED) is 0.831. The summed E-state index contributed by atoms with van der Waals surface area (Å²) in [6, 6.07) is 2.02. The molecule has 1 spiro atoms. The van der Waals surface area contributed by atoms with Gasteiger partial charge in [-0.15, -0.1) is 0 Å². The van der Waals surface area contributed by atoms with Gasteiger partial charge in [-0.1, -0.05) is 6.07 Å². The highest BCUT2D eigenvalue weighted by Crippen LogP contribution is 2.49. The Balaban J connectivity index is 1.88. The van der Waals surface area contributed by atoms with E-state index in [1.807, 2.05) is 0 Å². The number of carbonyl (C=O) groups is 3. The van der Waals surface area contributed by atoms with E-state index < -0.39 is 34.9 Å². The van der Waals surface area contributed by atoms with E-state index in [2.05, 4.69) is 5.32 Å². The highest BCUT2D eigenvalue weighted by Gasteiger charge is 2.62. The second kappa shape index (κ2) is 4.09. The molecule has 1 aliphatic heterocycles. The van der Waals surface area contributed by atoms with Crippen molar-refractivity contribution in [1.29, 1.82) is 0 Å². The fourth-order valence-corrected chi connectivity index (χ4v) is 2.26. The molecule has 1 saturated carbocycles. The monoisotopic (exact) mass is 280 g/mol. The number of hydrogen-bond acceptors (Lipinski definition) is 3. The average Bonchev–Trinajstić information content (AvgIpc) is 3.16. The Hall–Kier alpha value is -2.31. The lowest BCUT2D eigenvalue weighted by Gasteiger charge is -2.30. The number of carbonyl (C=O) groups excluding carboxylic acids is 3. The van der Waals surface area contributed by atoms with Crippen molar-refractivity contribution in [2.45, 2.75) is 19.4 Å². The number of urea groups is 1. The molecular weight excluding hydrogens is 270 g/mol. The van der Waals surface area contributed by atoms with Crippen LogP contribution in [0.4, 0.5) is 13.6 Å². The first kappa shape index (κ1) is 12.7. The lowest BCUT2D eigenvalue weighted by molar-refractivity contribution is -0.145. The van der Waals surface area contributed by atoms with Crippen LogP contribution in [0.5, 0.6) is 0 Å². The van der Waals surface area contributed by atoms with Crippen molar-refractivity contribution in [3.05, 3.63) is 35.4 Å². The second-order valence-corrected chi connectivity index (χ2v) is 4.97. The topological polar surface area (TPSA) is 66.5 Å². The first-order valence-corrected chi connectivity index (χ1v) is 6.05. The molecule has 1 saturated heterocycles. The molecule has 3 rings (SSSR count). The molecule has 0 atom stereocenters. The van der Waals surface area contributed by atoms with E-state index in [0.717, 1.165) is 11.0 Å². The number of nitrogens with zero attached hydrogens (tertiary/aromatic N) is 1. The highest BCUT2D eigenvalue weighted by atomic mass is 19.1. The zero-order valence-electron chi connectivity index (χ0n) is 10.3. The summed E-state index contributed by atoms with van der Waals surface area (Å²) in [6.07, 6.45) is 0.765. The summed E-state index contributed by atoms with van der Waals surface area (Å²) < 4.78 is 26.4. The number of hydrogen-bond donors (Lipinski definition) is 1. The van der Waals surface area contributed by atoms with Gasteiger partial charge in [0.2, 0.25) is 11.8 Å². The van der Waals surface area contributed by atoms with Gasteiger partial charge in [0.05, 0.1) is 6.54 Å². The van der Waals surface area contributed by atoms with Gasteiger partial charge in [0.1, 0.15) is 17.0 Å². The maximum atomic E-state index is 13.6. The first-order valence-electron chi connectivity index (χ1n) is 6.05. The summed E-state index contributed by atoms with van der Waals surface area (Å²) in [5.41, 5.74) is -1.15. The minimum Gasteiger partial charge on any atom is -0.277 e. The third kappa shape index (κ3) is 1.77. The Bertz CT molecular complexity index is 641. The zero-order chi connectivity index (χ0) is 14.5. The fourth-order valence-electron chi connectivity index (χ4n) is 2.26. The van der Waals surface area contributed by atoms with E-state index in [0.29, 0.717) is 18.9 Å². The van der Waals surface area contributed by atoms with E-state index in [1.54, 1.807) is 0 Å². The van der Waals surface area contributed by atoms with Crippen molar-refractivity contribution in [1.82, 2.24) is 10.2 Å². The number of imide groups is 2. The van der Waals surface area contributed by atoms with E-state index in [4.69, 9.17) is 0 Å². The summed E-state index contributed by atoms with van der Waals surface area (Å²) >= 11 is 0. The number of rotatable bonds is 2. The van der Waals surface area contributed by atoms with E-state index in [9.17, 15) is 23.2 Å². The van der Waals surface area contributed by atoms with E-state index >= 15 is 0 Å². The molecule has 1 aromatic rings. The molecule has 0 bridgehead atoms.